The quantitative estimate of drug-likeness (QED) is 0.800. The molecule has 3 N–H and O–H groups in total. The maximum Gasteiger partial charge on any atom is 0.317 e. The van der Waals surface area contributed by atoms with E-state index in [1.165, 1.54) is 12.3 Å². The van der Waals surface area contributed by atoms with Crippen molar-refractivity contribution in [3.8, 4) is 11.8 Å². The molecule has 1 saturated carbocycles. The molecule has 2 amide bonds. The van der Waals surface area contributed by atoms with E-state index in [1.807, 2.05) is 6.07 Å². The number of nitrogens with two attached hydrogens (primary N) is 1. The highest BCUT2D eigenvalue weighted by Gasteiger charge is 2.53. The van der Waals surface area contributed by atoms with Gasteiger partial charge in [-0.2, -0.15) is 5.26 Å². The van der Waals surface area contributed by atoms with Crippen LogP contribution in [0.15, 0.2) is 24.4 Å². The number of nitrogens with zero attached hydrogens (tertiary/aromatic N) is 2. The average molecular weight is 372 g/mol. The molecule has 6 nitrogen and oxygen atoms in total. The topological polar surface area (TPSA) is 101 Å². The summed E-state index contributed by atoms with van der Waals surface area (Å²) < 4.78 is 32.0. The summed E-state index contributed by atoms with van der Waals surface area (Å²) in [4.78, 5) is 14.3. The monoisotopic (exact) mass is 372 g/mol. The summed E-state index contributed by atoms with van der Waals surface area (Å²) in [6.45, 7) is 4.32. The van der Waals surface area contributed by atoms with Crippen molar-refractivity contribution in [2.24, 2.45) is 17.6 Å². The molecule has 2 heterocycles. The van der Waals surface area contributed by atoms with E-state index in [2.05, 4.69) is 17.2 Å². The van der Waals surface area contributed by atoms with E-state index in [1.54, 1.807) is 13.0 Å². The van der Waals surface area contributed by atoms with Crippen LogP contribution in [-0.2, 0) is 0 Å². The van der Waals surface area contributed by atoms with Crippen molar-refractivity contribution in [3.63, 3.8) is 0 Å². The van der Waals surface area contributed by atoms with Gasteiger partial charge in [0.05, 0.1) is 12.2 Å². The molecule has 1 aliphatic carbocycles. The predicted octanol–water partition coefficient (Wildman–Crippen LogP) is 3.46. The molecule has 2 aliphatic rings. The van der Waals surface area contributed by atoms with Gasteiger partial charge in [-0.3, -0.25) is 5.32 Å². The fourth-order valence-electron chi connectivity index (χ4n) is 3.35. The van der Waals surface area contributed by atoms with E-state index in [-0.39, 0.29) is 17.5 Å². The first kappa shape index (κ1) is 18.6. The third kappa shape index (κ3) is 3.67. The highest BCUT2D eigenvalue weighted by Crippen LogP contribution is 2.59. The third-order valence-corrected chi connectivity index (χ3v) is 4.86. The second-order valence-corrected chi connectivity index (χ2v) is 6.62. The zero-order valence-electron chi connectivity index (χ0n) is 14.8. The van der Waals surface area contributed by atoms with Gasteiger partial charge in [0.15, 0.2) is 11.6 Å². The predicted molar refractivity (Wildman–Crippen MR) is 94.1 cm³/mol. The number of carbonyl (C=O) groups is 1. The molecule has 0 saturated heterocycles. The van der Waals surface area contributed by atoms with Crippen LogP contribution in [0.1, 0.15) is 29.5 Å². The summed E-state index contributed by atoms with van der Waals surface area (Å²) >= 11 is 0. The molecule has 0 unspecified atom stereocenters. The summed E-state index contributed by atoms with van der Waals surface area (Å²) in [6.07, 6.45) is 1.37. The molecule has 1 aliphatic heterocycles. The normalized spacial score (nSPS) is 21.4. The Bertz CT molecular complexity index is 942. The van der Waals surface area contributed by atoms with Crippen LogP contribution >= 0.6 is 0 Å². The number of halogens is 2. The number of primary amides is 1. The minimum atomic E-state index is -0.666. The number of urea groups is 1. The Balaban J connectivity index is 0.000000157. The third-order valence-electron chi connectivity index (χ3n) is 4.86. The molecular weight excluding hydrogens is 354 g/mol. The number of benzene rings is 1. The fourth-order valence-corrected chi connectivity index (χ4v) is 3.35. The molecule has 1 fully saturated rings. The number of amides is 2. The van der Waals surface area contributed by atoms with Gasteiger partial charge in [0.1, 0.15) is 17.7 Å². The van der Waals surface area contributed by atoms with E-state index in [4.69, 9.17) is 15.7 Å². The minimum Gasteiger partial charge on any atom is -0.490 e. The molecule has 1 aromatic carbocycles. The van der Waals surface area contributed by atoms with Crippen LogP contribution in [0, 0.1) is 41.7 Å². The van der Waals surface area contributed by atoms with Crippen LogP contribution < -0.4 is 15.8 Å². The molecule has 4 rings (SSSR count). The average Bonchev–Trinajstić information content (AvgIpc) is 3.30. The molecule has 1 aromatic heterocycles. The summed E-state index contributed by atoms with van der Waals surface area (Å²) in [5.74, 6) is 0.724. The molecular formula is C19H18F2N4O2. The molecule has 2 aromatic rings. The Morgan fingerprint density at radius 2 is 2.11 bits per heavy atom. The highest BCUT2D eigenvalue weighted by atomic mass is 19.1. The number of aromatic nitrogens is 1. The smallest absolute Gasteiger partial charge is 0.317 e. The maximum absolute atomic E-state index is 13.5. The first-order chi connectivity index (χ1) is 12.8. The number of hydrogen-bond acceptors (Lipinski definition) is 4. The van der Waals surface area contributed by atoms with Gasteiger partial charge < -0.3 is 10.5 Å². The van der Waals surface area contributed by atoms with Crippen molar-refractivity contribution >= 4 is 11.8 Å². The number of ether oxygens (including phenoxy) is 1. The van der Waals surface area contributed by atoms with Crippen LogP contribution in [0.4, 0.5) is 19.4 Å². The number of rotatable bonds is 1. The van der Waals surface area contributed by atoms with E-state index < -0.39 is 11.8 Å². The number of aryl methyl sites for hydroxylation is 1. The van der Waals surface area contributed by atoms with Gasteiger partial charge in [-0.1, -0.05) is 6.92 Å². The number of hydrogen-bond donors (Lipinski definition) is 2. The number of fused-ring (bicyclic) bond motifs is 3. The highest BCUT2D eigenvalue weighted by molar-refractivity contribution is 5.87. The van der Waals surface area contributed by atoms with Gasteiger partial charge in [0.25, 0.3) is 0 Å². The van der Waals surface area contributed by atoms with Crippen LogP contribution in [0.2, 0.25) is 0 Å². The Hall–Kier alpha value is -3.21. The van der Waals surface area contributed by atoms with Gasteiger partial charge in [-0.05, 0) is 42.5 Å². The Kier molecular flexibility index (Phi) is 4.95. The van der Waals surface area contributed by atoms with Crippen LogP contribution in [0.5, 0.6) is 5.75 Å². The number of nitriles is 1. The van der Waals surface area contributed by atoms with Crippen molar-refractivity contribution in [1.29, 1.82) is 5.26 Å². The first-order valence-electron chi connectivity index (χ1n) is 8.37. The summed E-state index contributed by atoms with van der Waals surface area (Å²) in [7, 11) is 0. The Labute approximate surface area is 155 Å². The number of pyridine rings is 1. The van der Waals surface area contributed by atoms with Crippen molar-refractivity contribution < 1.29 is 18.3 Å². The maximum atomic E-state index is 13.5. The van der Waals surface area contributed by atoms with E-state index in [9.17, 15) is 13.6 Å². The van der Waals surface area contributed by atoms with Gasteiger partial charge in [0.2, 0.25) is 0 Å². The number of anilines is 1. The van der Waals surface area contributed by atoms with Gasteiger partial charge >= 0.3 is 6.03 Å². The van der Waals surface area contributed by atoms with Gasteiger partial charge in [0, 0.05) is 17.7 Å². The van der Waals surface area contributed by atoms with Gasteiger partial charge in [-0.25, -0.2) is 18.6 Å². The van der Waals surface area contributed by atoms with Crippen LogP contribution in [-0.4, -0.2) is 17.6 Å². The summed E-state index contributed by atoms with van der Waals surface area (Å²) in [5, 5.41) is 10.9. The zero-order chi connectivity index (χ0) is 19.7. The van der Waals surface area contributed by atoms with E-state index in [0.717, 1.165) is 6.07 Å². The number of nitrogens with one attached hydrogen (secondary N) is 1. The lowest BCUT2D eigenvalue weighted by atomic mass is 10.0. The summed E-state index contributed by atoms with van der Waals surface area (Å²) in [5.41, 5.74) is 6.52. The van der Waals surface area contributed by atoms with Crippen molar-refractivity contribution in [2.45, 2.75) is 19.8 Å². The molecule has 0 radical (unpaired) electrons. The fraction of sp³-hybridized carbons (Fsp3) is 0.316. The minimum absolute atomic E-state index is 0.135. The summed E-state index contributed by atoms with van der Waals surface area (Å²) in [6, 6.07) is 5.21. The lowest BCUT2D eigenvalue weighted by Gasteiger charge is -2.17. The van der Waals surface area contributed by atoms with E-state index >= 15 is 0 Å². The van der Waals surface area contributed by atoms with Crippen molar-refractivity contribution in [2.75, 3.05) is 11.9 Å². The van der Waals surface area contributed by atoms with E-state index in [0.29, 0.717) is 41.0 Å². The van der Waals surface area contributed by atoms with Crippen LogP contribution in [0.3, 0.4) is 0 Å². The first-order valence-corrected chi connectivity index (χ1v) is 8.37. The molecule has 8 heteroatoms. The Morgan fingerprint density at radius 1 is 1.41 bits per heavy atom. The lowest BCUT2D eigenvalue weighted by molar-refractivity contribution is 0.258. The zero-order valence-corrected chi connectivity index (χ0v) is 14.8. The molecule has 3 atom stereocenters. The van der Waals surface area contributed by atoms with Crippen molar-refractivity contribution in [3.05, 3.63) is 52.7 Å². The largest absolute Gasteiger partial charge is 0.490 e. The molecule has 140 valence electrons. The van der Waals surface area contributed by atoms with Crippen LogP contribution in [0.25, 0.3) is 0 Å². The molecule has 27 heavy (non-hydrogen) atoms. The second-order valence-electron chi connectivity index (χ2n) is 6.62. The molecule has 0 bridgehead atoms. The molecule has 0 spiro atoms. The second kappa shape index (κ2) is 7.19. The van der Waals surface area contributed by atoms with Gasteiger partial charge in [-0.15, -0.1) is 0 Å². The lowest BCUT2D eigenvalue weighted by Crippen LogP contribution is -2.20. The van der Waals surface area contributed by atoms with Crippen molar-refractivity contribution in [1.82, 2.24) is 4.98 Å². The standard InChI is InChI=1S/C11H10F2O.C8H8N4O/c1-5-6-4-14-11-8(13)3-2-7(12)10(11)9(5)6;1-5-2-6(3-9)4-11-7(5)12-8(10)13/h2-3,5-6,9H,4H2,1H3;2,4H,1H3,(H3,10,11,12,13)/t5-,6+,9-;/m1./s1. The number of carbonyl (C=O) groups excluding carboxylic acids is 1. The Morgan fingerprint density at radius 3 is 2.74 bits per heavy atom. The SMILES string of the molecule is C[C@@H]1[C@@H]2COc3c(F)ccc(F)c3[C@H]12.Cc1cc(C#N)cnc1NC(N)=O.